The average Bonchev–Trinajstić information content (AvgIpc) is 3.51. The van der Waals surface area contributed by atoms with Gasteiger partial charge < -0.3 is 4.74 Å². The van der Waals surface area contributed by atoms with Gasteiger partial charge in [0.1, 0.15) is 10.3 Å². The first kappa shape index (κ1) is 22.0. The molecular weight excluding hydrogens is 430 g/mol. The van der Waals surface area contributed by atoms with Crippen molar-refractivity contribution < 1.29 is 9.53 Å². The standard InChI is InChI=1S/C27H29N3O2S/c1-5-17-16-21(17)19-10-7-12-20-18(19)11-8-14-23(20)30-24-22(13-9-15-28-24)29-26(30)33-27(3,4)25(31)32-6-2/h7-15,17,21H,5-6,16H2,1-4H3. The number of aromatic nitrogens is 3. The van der Waals surface area contributed by atoms with Crippen molar-refractivity contribution in [1.82, 2.24) is 14.5 Å². The molecule has 0 radical (unpaired) electrons. The van der Waals surface area contributed by atoms with Crippen molar-refractivity contribution in [3.05, 3.63) is 60.3 Å². The van der Waals surface area contributed by atoms with E-state index >= 15 is 0 Å². The lowest BCUT2D eigenvalue weighted by molar-refractivity contribution is -0.145. The Labute approximate surface area is 198 Å². The summed E-state index contributed by atoms with van der Waals surface area (Å²) < 4.78 is 6.64. The van der Waals surface area contributed by atoms with Crippen molar-refractivity contribution in [2.45, 2.75) is 56.4 Å². The van der Waals surface area contributed by atoms with Crippen LogP contribution in [0.2, 0.25) is 0 Å². The van der Waals surface area contributed by atoms with Gasteiger partial charge in [0.25, 0.3) is 0 Å². The minimum absolute atomic E-state index is 0.249. The molecule has 2 heterocycles. The van der Waals surface area contributed by atoms with E-state index in [2.05, 4.69) is 52.9 Å². The third kappa shape index (κ3) is 3.90. The molecule has 0 spiro atoms. The van der Waals surface area contributed by atoms with Gasteiger partial charge in [-0.05, 0) is 68.2 Å². The summed E-state index contributed by atoms with van der Waals surface area (Å²) in [6, 6.07) is 16.9. The predicted molar refractivity (Wildman–Crippen MR) is 134 cm³/mol. The van der Waals surface area contributed by atoms with Crippen LogP contribution in [-0.4, -0.2) is 31.9 Å². The van der Waals surface area contributed by atoms with E-state index in [9.17, 15) is 4.79 Å². The minimum Gasteiger partial charge on any atom is -0.465 e. The van der Waals surface area contributed by atoms with Crippen LogP contribution < -0.4 is 0 Å². The second-order valence-corrected chi connectivity index (χ2v) is 10.7. The van der Waals surface area contributed by atoms with Gasteiger partial charge in [0.2, 0.25) is 0 Å². The molecule has 1 aliphatic rings. The van der Waals surface area contributed by atoms with Gasteiger partial charge in [-0.1, -0.05) is 55.4 Å². The minimum atomic E-state index is -0.784. The van der Waals surface area contributed by atoms with Crippen LogP contribution in [0.1, 0.15) is 52.0 Å². The first-order chi connectivity index (χ1) is 15.9. The maximum atomic E-state index is 12.6. The second-order valence-electron chi connectivity index (χ2n) is 9.14. The van der Waals surface area contributed by atoms with E-state index in [-0.39, 0.29) is 5.97 Å². The summed E-state index contributed by atoms with van der Waals surface area (Å²) in [5, 5.41) is 3.20. The summed E-state index contributed by atoms with van der Waals surface area (Å²) in [6.45, 7) is 8.22. The van der Waals surface area contributed by atoms with Crippen molar-refractivity contribution in [3.8, 4) is 5.69 Å². The summed E-state index contributed by atoms with van der Waals surface area (Å²) in [4.78, 5) is 22.2. The van der Waals surface area contributed by atoms with E-state index in [1.807, 2.05) is 32.9 Å². The number of imidazole rings is 1. The van der Waals surface area contributed by atoms with Crippen LogP contribution in [0, 0.1) is 5.92 Å². The van der Waals surface area contributed by atoms with Gasteiger partial charge in [-0.25, -0.2) is 9.97 Å². The molecule has 4 aromatic rings. The molecule has 2 aromatic heterocycles. The third-order valence-corrected chi connectivity index (χ3v) is 7.65. The van der Waals surface area contributed by atoms with E-state index in [0.29, 0.717) is 12.5 Å². The fourth-order valence-electron chi connectivity index (χ4n) is 4.67. The molecule has 0 N–H and O–H groups in total. The van der Waals surface area contributed by atoms with Crippen LogP contribution in [0.25, 0.3) is 27.6 Å². The zero-order valence-corrected chi connectivity index (χ0v) is 20.4. The Bertz CT molecular complexity index is 1340. The first-order valence-corrected chi connectivity index (χ1v) is 12.5. The highest BCUT2D eigenvalue weighted by Gasteiger charge is 2.37. The maximum Gasteiger partial charge on any atom is 0.322 e. The van der Waals surface area contributed by atoms with Crippen molar-refractivity contribution in [2.75, 3.05) is 6.61 Å². The number of pyridine rings is 1. The molecule has 2 aromatic carbocycles. The number of thioether (sulfide) groups is 1. The van der Waals surface area contributed by atoms with Gasteiger partial charge in [-0.15, -0.1) is 0 Å². The largest absolute Gasteiger partial charge is 0.465 e. The number of carbonyl (C=O) groups is 1. The molecule has 0 bridgehead atoms. The van der Waals surface area contributed by atoms with E-state index in [1.54, 1.807) is 6.20 Å². The summed E-state index contributed by atoms with van der Waals surface area (Å²) in [6.07, 6.45) is 4.28. The van der Waals surface area contributed by atoms with Crippen molar-refractivity contribution in [3.63, 3.8) is 0 Å². The van der Waals surface area contributed by atoms with E-state index in [1.165, 1.54) is 40.9 Å². The van der Waals surface area contributed by atoms with Crippen LogP contribution in [0.4, 0.5) is 0 Å². The molecule has 0 aliphatic heterocycles. The van der Waals surface area contributed by atoms with E-state index < -0.39 is 4.75 Å². The van der Waals surface area contributed by atoms with Crippen molar-refractivity contribution in [1.29, 1.82) is 0 Å². The average molecular weight is 460 g/mol. The van der Waals surface area contributed by atoms with Crippen LogP contribution in [0.15, 0.2) is 59.9 Å². The van der Waals surface area contributed by atoms with E-state index in [0.717, 1.165) is 27.9 Å². The lowest BCUT2D eigenvalue weighted by Crippen LogP contribution is -2.30. The second kappa shape index (κ2) is 8.49. The number of benzene rings is 2. The number of nitrogens with zero attached hydrogens (tertiary/aromatic N) is 3. The van der Waals surface area contributed by atoms with Crippen molar-refractivity contribution >= 4 is 39.7 Å². The molecule has 0 amide bonds. The Morgan fingerprint density at radius 3 is 2.67 bits per heavy atom. The number of ether oxygens (including phenoxy) is 1. The van der Waals surface area contributed by atoms with Gasteiger partial charge in [0, 0.05) is 11.6 Å². The molecule has 33 heavy (non-hydrogen) atoms. The van der Waals surface area contributed by atoms with E-state index in [4.69, 9.17) is 9.72 Å². The van der Waals surface area contributed by atoms with Gasteiger partial charge in [-0.3, -0.25) is 9.36 Å². The Morgan fingerprint density at radius 1 is 1.12 bits per heavy atom. The molecular formula is C27H29N3O2S. The summed E-state index contributed by atoms with van der Waals surface area (Å²) in [5.41, 5.74) is 4.06. The Morgan fingerprint density at radius 2 is 1.91 bits per heavy atom. The Kier molecular flexibility index (Phi) is 5.65. The molecule has 6 heteroatoms. The maximum absolute atomic E-state index is 12.6. The van der Waals surface area contributed by atoms with Crippen molar-refractivity contribution in [2.24, 2.45) is 5.92 Å². The molecule has 1 aliphatic carbocycles. The van der Waals surface area contributed by atoms with Crippen LogP contribution in [0.5, 0.6) is 0 Å². The van der Waals surface area contributed by atoms with Crippen LogP contribution in [0.3, 0.4) is 0 Å². The lowest BCUT2D eigenvalue weighted by Gasteiger charge is -2.22. The number of carbonyl (C=O) groups excluding carboxylic acids is 1. The smallest absolute Gasteiger partial charge is 0.322 e. The van der Waals surface area contributed by atoms with Gasteiger partial charge in [-0.2, -0.15) is 0 Å². The number of esters is 1. The number of hydrogen-bond acceptors (Lipinski definition) is 5. The SMILES string of the molecule is CCOC(=O)C(C)(C)Sc1nc2cccnc2n1-c1cccc2c(C3CC3CC)cccc12. The monoisotopic (exact) mass is 459 g/mol. The lowest BCUT2D eigenvalue weighted by atomic mass is 9.98. The van der Waals surface area contributed by atoms with Gasteiger partial charge in [0.05, 0.1) is 12.3 Å². The predicted octanol–water partition coefficient (Wildman–Crippen LogP) is 6.52. The Hall–Kier alpha value is -2.86. The fraction of sp³-hybridized carbons (Fsp3) is 0.370. The molecule has 2 unspecified atom stereocenters. The molecule has 1 fully saturated rings. The quantitative estimate of drug-likeness (QED) is 0.233. The number of rotatable bonds is 7. The highest BCUT2D eigenvalue weighted by atomic mass is 32.2. The fourth-order valence-corrected chi connectivity index (χ4v) is 5.69. The molecule has 2 atom stereocenters. The van der Waals surface area contributed by atoms with Crippen LogP contribution >= 0.6 is 11.8 Å². The Balaban J connectivity index is 1.68. The summed E-state index contributed by atoms with van der Waals surface area (Å²) in [7, 11) is 0. The summed E-state index contributed by atoms with van der Waals surface area (Å²) in [5.74, 6) is 1.18. The highest BCUT2D eigenvalue weighted by Crippen LogP contribution is 2.51. The molecule has 170 valence electrons. The van der Waals surface area contributed by atoms with Crippen LogP contribution in [-0.2, 0) is 9.53 Å². The molecule has 5 nitrogen and oxygen atoms in total. The zero-order chi connectivity index (χ0) is 23.2. The number of fused-ring (bicyclic) bond motifs is 2. The molecule has 1 saturated carbocycles. The normalized spacial score (nSPS) is 18.1. The molecule has 0 saturated heterocycles. The topological polar surface area (TPSA) is 57.0 Å². The van der Waals surface area contributed by atoms with Gasteiger partial charge >= 0.3 is 5.97 Å². The van der Waals surface area contributed by atoms with Gasteiger partial charge in [0.15, 0.2) is 10.8 Å². The molecule has 5 rings (SSSR count). The highest BCUT2D eigenvalue weighted by molar-refractivity contribution is 8.01. The summed E-state index contributed by atoms with van der Waals surface area (Å²) >= 11 is 1.41. The first-order valence-electron chi connectivity index (χ1n) is 11.7. The zero-order valence-electron chi connectivity index (χ0n) is 19.5. The third-order valence-electron chi connectivity index (χ3n) is 6.52. The number of hydrogen-bond donors (Lipinski definition) is 0.